The summed E-state index contributed by atoms with van der Waals surface area (Å²) >= 11 is 0. The molecule has 0 bridgehead atoms. The number of rotatable bonds is 5. The number of aromatic nitrogens is 2. The van der Waals surface area contributed by atoms with Crippen LogP contribution in [0, 0.1) is 5.82 Å². The zero-order valence-electron chi connectivity index (χ0n) is 15.5. The van der Waals surface area contributed by atoms with Crippen molar-refractivity contribution in [2.75, 3.05) is 5.32 Å². The van der Waals surface area contributed by atoms with Gasteiger partial charge >= 0.3 is 11.6 Å². The Labute approximate surface area is 165 Å². The van der Waals surface area contributed by atoms with Crippen LogP contribution in [0.25, 0.3) is 22.1 Å². The molecule has 2 heterocycles. The highest BCUT2D eigenvalue weighted by atomic mass is 19.1. The molecule has 1 aliphatic carbocycles. The van der Waals surface area contributed by atoms with Gasteiger partial charge in [-0.15, -0.1) is 5.10 Å². The van der Waals surface area contributed by atoms with E-state index >= 15 is 0 Å². The van der Waals surface area contributed by atoms with Crippen LogP contribution < -0.4 is 10.9 Å². The Morgan fingerprint density at radius 3 is 2.62 bits per heavy atom. The maximum absolute atomic E-state index is 13.2. The van der Waals surface area contributed by atoms with Gasteiger partial charge < -0.3 is 14.2 Å². The van der Waals surface area contributed by atoms with Crippen molar-refractivity contribution in [1.82, 2.24) is 10.2 Å². The first-order valence-corrected chi connectivity index (χ1v) is 9.56. The molecule has 7 heteroatoms. The summed E-state index contributed by atoms with van der Waals surface area (Å²) in [6.07, 6.45) is 3.40. The highest BCUT2D eigenvalue weighted by Crippen LogP contribution is 2.36. The van der Waals surface area contributed by atoms with Crippen molar-refractivity contribution in [2.24, 2.45) is 0 Å². The number of hydrogen-bond donors (Lipinski definition) is 1. The summed E-state index contributed by atoms with van der Waals surface area (Å²) < 4.78 is 24.3. The van der Waals surface area contributed by atoms with Crippen molar-refractivity contribution < 1.29 is 13.2 Å². The van der Waals surface area contributed by atoms with E-state index in [1.165, 1.54) is 24.6 Å². The van der Waals surface area contributed by atoms with E-state index in [-0.39, 0.29) is 5.82 Å². The van der Waals surface area contributed by atoms with Crippen molar-refractivity contribution in [1.29, 1.82) is 0 Å². The van der Waals surface area contributed by atoms with Crippen LogP contribution in [0.5, 0.6) is 0 Å². The van der Waals surface area contributed by atoms with Crippen LogP contribution in [0.4, 0.5) is 10.4 Å². The summed E-state index contributed by atoms with van der Waals surface area (Å²) in [6.45, 7) is 0.451. The van der Waals surface area contributed by atoms with E-state index in [2.05, 4.69) is 15.5 Å². The molecule has 146 valence electrons. The van der Waals surface area contributed by atoms with Gasteiger partial charge in [0.25, 0.3) is 0 Å². The summed E-state index contributed by atoms with van der Waals surface area (Å²) in [5, 5.41) is 12.0. The number of fused-ring (bicyclic) bond motifs is 1. The van der Waals surface area contributed by atoms with Gasteiger partial charge in [0.2, 0.25) is 5.89 Å². The Morgan fingerprint density at radius 2 is 1.86 bits per heavy atom. The molecule has 0 atom stereocenters. The van der Waals surface area contributed by atoms with Crippen LogP contribution >= 0.6 is 0 Å². The normalized spacial score (nSPS) is 14.1. The highest BCUT2D eigenvalue weighted by Gasteiger charge is 2.25. The van der Waals surface area contributed by atoms with E-state index < -0.39 is 5.63 Å². The van der Waals surface area contributed by atoms with Gasteiger partial charge in [0.05, 0.1) is 0 Å². The van der Waals surface area contributed by atoms with Crippen LogP contribution in [0.2, 0.25) is 0 Å². The Kier molecular flexibility index (Phi) is 4.35. The van der Waals surface area contributed by atoms with E-state index in [1.54, 1.807) is 18.2 Å². The van der Waals surface area contributed by atoms with Crippen molar-refractivity contribution in [2.45, 2.75) is 31.7 Å². The molecule has 0 saturated heterocycles. The van der Waals surface area contributed by atoms with E-state index in [0.29, 0.717) is 35.5 Å². The lowest BCUT2D eigenvalue weighted by Gasteiger charge is -2.20. The van der Waals surface area contributed by atoms with Gasteiger partial charge in [0.15, 0.2) is 0 Å². The minimum Gasteiger partial charge on any atom is -0.423 e. The van der Waals surface area contributed by atoms with Gasteiger partial charge in [0, 0.05) is 23.9 Å². The smallest absolute Gasteiger partial charge is 0.336 e. The molecule has 4 aromatic rings. The molecule has 0 aliphatic heterocycles. The average molecular weight is 391 g/mol. The SMILES string of the molecule is O=c1cc(-c2ccc(F)cc2)c2ccc(CNc3nnc(C4CCC4)o3)cc2o1. The average Bonchev–Trinajstić information content (AvgIpc) is 3.13. The molecule has 2 aromatic heterocycles. The Morgan fingerprint density at radius 1 is 1.03 bits per heavy atom. The summed E-state index contributed by atoms with van der Waals surface area (Å²) in [5.41, 5.74) is 2.38. The number of anilines is 1. The predicted molar refractivity (Wildman–Crippen MR) is 106 cm³/mol. The first-order chi connectivity index (χ1) is 14.2. The van der Waals surface area contributed by atoms with E-state index in [1.807, 2.05) is 12.1 Å². The molecule has 1 saturated carbocycles. The molecular weight excluding hydrogens is 373 g/mol. The van der Waals surface area contributed by atoms with Gasteiger partial charge in [-0.05, 0) is 47.7 Å². The van der Waals surface area contributed by atoms with Crippen LogP contribution in [0.3, 0.4) is 0 Å². The summed E-state index contributed by atoms with van der Waals surface area (Å²) in [4.78, 5) is 12.0. The van der Waals surface area contributed by atoms with Crippen molar-refractivity contribution >= 4 is 17.0 Å². The maximum atomic E-state index is 13.2. The molecule has 6 nitrogen and oxygen atoms in total. The van der Waals surface area contributed by atoms with Crippen molar-refractivity contribution in [3.63, 3.8) is 0 Å². The summed E-state index contributed by atoms with van der Waals surface area (Å²) in [7, 11) is 0. The molecule has 5 rings (SSSR count). The number of benzene rings is 2. The minimum absolute atomic E-state index is 0.323. The highest BCUT2D eigenvalue weighted by molar-refractivity contribution is 5.93. The van der Waals surface area contributed by atoms with E-state index in [9.17, 15) is 9.18 Å². The van der Waals surface area contributed by atoms with Crippen molar-refractivity contribution in [3.05, 3.63) is 76.2 Å². The maximum Gasteiger partial charge on any atom is 0.336 e. The largest absolute Gasteiger partial charge is 0.423 e. The third-order valence-corrected chi connectivity index (χ3v) is 5.30. The number of nitrogens with one attached hydrogen (secondary N) is 1. The van der Waals surface area contributed by atoms with Gasteiger partial charge in [-0.2, -0.15) is 0 Å². The second-order valence-corrected chi connectivity index (χ2v) is 7.24. The number of halogens is 1. The molecule has 29 heavy (non-hydrogen) atoms. The third-order valence-electron chi connectivity index (χ3n) is 5.30. The second-order valence-electron chi connectivity index (χ2n) is 7.24. The van der Waals surface area contributed by atoms with Gasteiger partial charge in [0.1, 0.15) is 11.4 Å². The Balaban J connectivity index is 1.40. The fourth-order valence-electron chi connectivity index (χ4n) is 3.49. The quantitative estimate of drug-likeness (QED) is 0.489. The molecule has 0 radical (unpaired) electrons. The van der Waals surface area contributed by atoms with Gasteiger partial charge in [-0.1, -0.05) is 35.8 Å². The number of hydrogen-bond acceptors (Lipinski definition) is 6. The lowest BCUT2D eigenvalue weighted by atomic mass is 9.85. The summed E-state index contributed by atoms with van der Waals surface area (Å²) in [5.74, 6) is 0.751. The zero-order chi connectivity index (χ0) is 19.8. The fourth-order valence-corrected chi connectivity index (χ4v) is 3.49. The monoisotopic (exact) mass is 391 g/mol. The predicted octanol–water partition coefficient (Wildman–Crippen LogP) is 4.86. The Bertz CT molecular complexity index is 1230. The third kappa shape index (κ3) is 3.51. The van der Waals surface area contributed by atoms with E-state index in [0.717, 1.165) is 29.4 Å². The van der Waals surface area contributed by atoms with Crippen molar-refractivity contribution in [3.8, 4) is 11.1 Å². The van der Waals surface area contributed by atoms with Crippen LogP contribution in [-0.4, -0.2) is 10.2 Å². The standard InChI is InChI=1S/C22H18FN3O3/c23-16-7-5-14(6-8-16)18-11-20(27)28-19-10-13(4-9-17(18)19)12-24-22-26-25-21(29-22)15-2-1-3-15/h4-11,15H,1-3,12H2,(H,24,26). The molecule has 1 aliphatic rings. The first kappa shape index (κ1) is 17.6. The lowest BCUT2D eigenvalue weighted by Crippen LogP contribution is -2.08. The molecule has 0 unspecified atom stereocenters. The topological polar surface area (TPSA) is 81.2 Å². The van der Waals surface area contributed by atoms with Crippen LogP contribution in [0.1, 0.15) is 36.6 Å². The second kappa shape index (κ2) is 7.16. The van der Waals surface area contributed by atoms with Crippen LogP contribution in [-0.2, 0) is 6.54 Å². The van der Waals surface area contributed by atoms with Crippen LogP contribution in [0.15, 0.2) is 62.2 Å². The zero-order valence-corrected chi connectivity index (χ0v) is 15.5. The van der Waals surface area contributed by atoms with Gasteiger partial charge in [-0.3, -0.25) is 0 Å². The summed E-state index contributed by atoms with van der Waals surface area (Å²) in [6, 6.07) is 13.5. The Hall–Kier alpha value is -3.48. The number of nitrogens with zero attached hydrogens (tertiary/aromatic N) is 2. The van der Waals surface area contributed by atoms with E-state index in [4.69, 9.17) is 8.83 Å². The minimum atomic E-state index is -0.455. The molecule has 0 spiro atoms. The first-order valence-electron chi connectivity index (χ1n) is 9.56. The molecule has 1 fully saturated rings. The fraction of sp³-hybridized carbons (Fsp3) is 0.227. The molecular formula is C22H18FN3O3. The van der Waals surface area contributed by atoms with Gasteiger partial charge in [-0.25, -0.2) is 9.18 Å². The molecule has 2 aromatic carbocycles. The lowest BCUT2D eigenvalue weighted by molar-refractivity contribution is 0.338. The molecule has 0 amide bonds. The molecule has 1 N–H and O–H groups in total.